The van der Waals surface area contributed by atoms with Crippen molar-refractivity contribution >= 4 is 0 Å². The molecular weight excluding hydrogens is 437 g/mol. The van der Waals surface area contributed by atoms with E-state index in [0.29, 0.717) is 18.6 Å². The average Bonchev–Trinajstić information content (AvgIpc) is 2.70. The van der Waals surface area contributed by atoms with Crippen LogP contribution in [0.1, 0.15) is 18.9 Å². The largest absolute Gasteiger partial charge is 0.573 e. The van der Waals surface area contributed by atoms with Gasteiger partial charge in [0, 0.05) is 11.1 Å². The molecule has 32 heavy (non-hydrogen) atoms. The van der Waals surface area contributed by atoms with Gasteiger partial charge in [0.25, 0.3) is 0 Å². The summed E-state index contributed by atoms with van der Waals surface area (Å²) in [5, 5.41) is 0. The number of hydrogen-bond donors (Lipinski definition) is 0. The molecule has 0 spiro atoms. The molecule has 0 aliphatic rings. The lowest BCUT2D eigenvalue weighted by Crippen LogP contribution is -2.19. The average molecular weight is 454 g/mol. The molecular formula is C24H17F7O. The number of alkyl halides is 3. The van der Waals surface area contributed by atoms with Crippen molar-refractivity contribution in [3.8, 4) is 28.0 Å². The van der Waals surface area contributed by atoms with Crippen molar-refractivity contribution in [2.45, 2.75) is 26.1 Å². The molecule has 3 aromatic rings. The zero-order valence-corrected chi connectivity index (χ0v) is 16.7. The Kier molecular flexibility index (Phi) is 6.91. The van der Waals surface area contributed by atoms with Crippen LogP contribution in [-0.2, 0) is 6.42 Å². The van der Waals surface area contributed by atoms with Gasteiger partial charge < -0.3 is 4.74 Å². The standard InChI is InChI=1S/C24H17F7O/c1-2-3-4-5-14-6-8-17(19(25)10-14)15-7-9-18(20(26)11-15)16-12-21(27)23(22(28)13-16)32-24(29,30)31/h2-3,6-13H,4-5H2,1H3/b3-2-. The number of aryl methyl sites for hydroxylation is 1. The monoisotopic (exact) mass is 454 g/mol. The Morgan fingerprint density at radius 1 is 0.750 bits per heavy atom. The summed E-state index contributed by atoms with van der Waals surface area (Å²) in [4.78, 5) is 0. The summed E-state index contributed by atoms with van der Waals surface area (Å²) in [6.07, 6.45) is -0.0575. The molecule has 0 saturated heterocycles. The van der Waals surface area contributed by atoms with Crippen LogP contribution in [0.2, 0.25) is 0 Å². The van der Waals surface area contributed by atoms with Crippen LogP contribution in [0.15, 0.2) is 60.7 Å². The highest BCUT2D eigenvalue weighted by Crippen LogP contribution is 2.35. The second kappa shape index (κ2) is 9.46. The van der Waals surface area contributed by atoms with Gasteiger partial charge in [-0.3, -0.25) is 0 Å². The fraction of sp³-hybridized carbons (Fsp3) is 0.167. The van der Waals surface area contributed by atoms with E-state index in [1.54, 1.807) is 6.07 Å². The number of allylic oxidation sites excluding steroid dienone is 2. The number of hydrogen-bond acceptors (Lipinski definition) is 1. The summed E-state index contributed by atoms with van der Waals surface area (Å²) < 4.78 is 97.3. The Hall–Kier alpha value is -3.29. The first-order chi connectivity index (χ1) is 15.1. The number of ether oxygens (including phenoxy) is 1. The van der Waals surface area contributed by atoms with Crippen LogP contribution in [0.3, 0.4) is 0 Å². The van der Waals surface area contributed by atoms with Gasteiger partial charge in [-0.2, -0.15) is 0 Å². The second-order valence-electron chi connectivity index (χ2n) is 6.93. The smallest absolute Gasteiger partial charge is 0.399 e. The van der Waals surface area contributed by atoms with Crippen LogP contribution in [0.4, 0.5) is 30.7 Å². The third-order valence-electron chi connectivity index (χ3n) is 4.68. The van der Waals surface area contributed by atoms with E-state index >= 15 is 0 Å². The van der Waals surface area contributed by atoms with Crippen molar-refractivity contribution in [2.24, 2.45) is 0 Å². The van der Waals surface area contributed by atoms with E-state index in [0.717, 1.165) is 18.1 Å². The second-order valence-corrected chi connectivity index (χ2v) is 6.93. The fourth-order valence-corrected chi connectivity index (χ4v) is 3.21. The SMILES string of the molecule is C/C=C\CCc1ccc(-c2ccc(-c3cc(F)c(OC(F)(F)F)c(F)c3)c(F)c2)c(F)c1. The molecule has 0 atom stereocenters. The first-order valence-corrected chi connectivity index (χ1v) is 9.53. The third kappa shape index (κ3) is 5.49. The molecule has 0 heterocycles. The molecule has 0 saturated carbocycles. The third-order valence-corrected chi connectivity index (χ3v) is 4.68. The number of rotatable bonds is 6. The molecule has 168 valence electrons. The van der Waals surface area contributed by atoms with Crippen molar-refractivity contribution in [2.75, 3.05) is 0 Å². The van der Waals surface area contributed by atoms with E-state index in [4.69, 9.17) is 0 Å². The van der Waals surface area contributed by atoms with Crippen molar-refractivity contribution in [1.29, 1.82) is 0 Å². The predicted octanol–water partition coefficient (Wildman–Crippen LogP) is 7.98. The fourth-order valence-electron chi connectivity index (χ4n) is 3.21. The maximum absolute atomic E-state index is 14.7. The molecule has 0 fully saturated rings. The van der Waals surface area contributed by atoms with Crippen LogP contribution in [0, 0.1) is 23.3 Å². The van der Waals surface area contributed by atoms with Crippen LogP contribution in [0.5, 0.6) is 5.75 Å². The highest BCUT2D eigenvalue weighted by atomic mass is 19.4. The lowest BCUT2D eigenvalue weighted by molar-refractivity contribution is -0.276. The van der Waals surface area contributed by atoms with E-state index in [2.05, 4.69) is 4.74 Å². The summed E-state index contributed by atoms with van der Waals surface area (Å²) in [6.45, 7) is 1.88. The Morgan fingerprint density at radius 3 is 1.88 bits per heavy atom. The molecule has 0 bridgehead atoms. The van der Waals surface area contributed by atoms with Crippen LogP contribution in [0.25, 0.3) is 22.3 Å². The molecule has 0 amide bonds. The van der Waals surface area contributed by atoms with E-state index in [9.17, 15) is 30.7 Å². The maximum Gasteiger partial charge on any atom is 0.573 e. The van der Waals surface area contributed by atoms with E-state index < -0.39 is 35.4 Å². The predicted molar refractivity (Wildman–Crippen MR) is 107 cm³/mol. The molecule has 3 rings (SSSR count). The first kappa shape index (κ1) is 23.4. The molecule has 0 unspecified atom stereocenters. The Morgan fingerprint density at radius 2 is 1.31 bits per heavy atom. The minimum absolute atomic E-state index is 0.136. The molecule has 3 aromatic carbocycles. The summed E-state index contributed by atoms with van der Waals surface area (Å²) in [7, 11) is 0. The molecule has 0 aliphatic carbocycles. The van der Waals surface area contributed by atoms with Gasteiger partial charge in [0.1, 0.15) is 11.6 Å². The van der Waals surface area contributed by atoms with E-state index in [-0.39, 0.29) is 22.3 Å². The van der Waals surface area contributed by atoms with Crippen LogP contribution in [-0.4, -0.2) is 6.36 Å². The van der Waals surface area contributed by atoms with Gasteiger partial charge in [0.2, 0.25) is 5.75 Å². The molecule has 0 N–H and O–H groups in total. The van der Waals surface area contributed by atoms with Crippen molar-refractivity contribution in [3.05, 3.63) is 89.5 Å². The Bertz CT molecular complexity index is 1130. The lowest BCUT2D eigenvalue weighted by Gasteiger charge is -2.13. The van der Waals surface area contributed by atoms with Gasteiger partial charge in [-0.05, 0) is 60.7 Å². The summed E-state index contributed by atoms with van der Waals surface area (Å²) in [5.74, 6) is -6.39. The molecule has 1 nitrogen and oxygen atoms in total. The van der Waals surface area contributed by atoms with Crippen LogP contribution < -0.4 is 4.74 Å². The lowest BCUT2D eigenvalue weighted by atomic mass is 9.97. The van der Waals surface area contributed by atoms with Gasteiger partial charge in [0.05, 0.1) is 0 Å². The van der Waals surface area contributed by atoms with Gasteiger partial charge in [-0.15, -0.1) is 13.2 Å². The quantitative estimate of drug-likeness (QED) is 0.271. The minimum atomic E-state index is -5.29. The molecule has 8 heteroatoms. The summed E-state index contributed by atoms with van der Waals surface area (Å²) in [6, 6.07) is 9.16. The topological polar surface area (TPSA) is 9.23 Å². The summed E-state index contributed by atoms with van der Waals surface area (Å²) >= 11 is 0. The van der Waals surface area contributed by atoms with Crippen molar-refractivity contribution in [1.82, 2.24) is 0 Å². The van der Waals surface area contributed by atoms with Gasteiger partial charge >= 0.3 is 6.36 Å². The number of halogens is 7. The highest BCUT2D eigenvalue weighted by molar-refractivity contribution is 5.72. The first-order valence-electron chi connectivity index (χ1n) is 9.53. The minimum Gasteiger partial charge on any atom is -0.399 e. The van der Waals surface area contributed by atoms with Crippen molar-refractivity contribution in [3.63, 3.8) is 0 Å². The Labute approximate surface area is 179 Å². The number of benzene rings is 3. The van der Waals surface area contributed by atoms with Gasteiger partial charge in [-0.25, -0.2) is 17.6 Å². The molecule has 0 radical (unpaired) electrons. The summed E-state index contributed by atoms with van der Waals surface area (Å²) in [5.41, 5.74) is 0.499. The molecule has 0 aromatic heterocycles. The highest BCUT2D eigenvalue weighted by Gasteiger charge is 2.34. The van der Waals surface area contributed by atoms with E-state index in [1.807, 2.05) is 19.1 Å². The maximum atomic E-state index is 14.7. The zero-order chi connectivity index (χ0) is 23.5. The van der Waals surface area contributed by atoms with E-state index in [1.165, 1.54) is 24.3 Å². The van der Waals surface area contributed by atoms with Gasteiger partial charge in [-0.1, -0.05) is 36.4 Å². The zero-order valence-electron chi connectivity index (χ0n) is 16.7. The Balaban J connectivity index is 1.90. The molecule has 0 aliphatic heterocycles. The van der Waals surface area contributed by atoms with Gasteiger partial charge in [0.15, 0.2) is 11.6 Å². The van der Waals surface area contributed by atoms with Crippen LogP contribution >= 0.6 is 0 Å². The van der Waals surface area contributed by atoms with Crippen molar-refractivity contribution < 1.29 is 35.5 Å². The normalized spacial score (nSPS) is 11.9.